The fraction of sp³-hybridized carbons (Fsp3) is 0.846. The van der Waals surface area contributed by atoms with E-state index in [1.165, 1.54) is 12.8 Å². The standard InChI is InChI=1S/C13H23NO3/c15-12-8-4-1-2-6-10-14(12)11-7-3-5-9-13(16)17/h1-11H2,(H,16,17). The molecule has 1 amide bonds. The quantitative estimate of drug-likeness (QED) is 0.726. The highest BCUT2D eigenvalue weighted by atomic mass is 16.4. The first kappa shape index (κ1) is 14.0. The highest BCUT2D eigenvalue weighted by Crippen LogP contribution is 2.12. The van der Waals surface area contributed by atoms with Gasteiger partial charge in [0.05, 0.1) is 0 Å². The molecule has 0 atom stereocenters. The lowest BCUT2D eigenvalue weighted by molar-refractivity contribution is -0.137. The molecule has 1 N–H and O–H groups in total. The number of aliphatic carboxylic acids is 1. The third kappa shape index (κ3) is 6.29. The van der Waals surface area contributed by atoms with Crippen LogP contribution in [0.4, 0.5) is 0 Å². The first-order chi connectivity index (χ1) is 8.20. The SMILES string of the molecule is O=C(O)CCCCCN1CCCCCCC1=O. The average molecular weight is 241 g/mol. The summed E-state index contributed by atoms with van der Waals surface area (Å²) in [4.78, 5) is 24.1. The van der Waals surface area contributed by atoms with Crippen LogP contribution in [0.1, 0.15) is 57.8 Å². The molecule has 1 heterocycles. The molecule has 4 nitrogen and oxygen atoms in total. The van der Waals surface area contributed by atoms with Crippen molar-refractivity contribution in [1.29, 1.82) is 0 Å². The number of carboxylic acid groups (broad SMARTS) is 1. The Morgan fingerprint density at radius 1 is 1.12 bits per heavy atom. The van der Waals surface area contributed by atoms with E-state index in [9.17, 15) is 9.59 Å². The summed E-state index contributed by atoms with van der Waals surface area (Å²) in [5, 5.41) is 8.51. The number of carbonyl (C=O) groups is 2. The zero-order chi connectivity index (χ0) is 12.5. The van der Waals surface area contributed by atoms with Gasteiger partial charge in [0.1, 0.15) is 0 Å². The summed E-state index contributed by atoms with van der Waals surface area (Å²) in [6.45, 7) is 1.69. The van der Waals surface area contributed by atoms with Crippen LogP contribution >= 0.6 is 0 Å². The molecule has 1 fully saturated rings. The summed E-state index contributed by atoms with van der Waals surface area (Å²) in [7, 11) is 0. The van der Waals surface area contributed by atoms with Gasteiger partial charge in [-0.2, -0.15) is 0 Å². The van der Waals surface area contributed by atoms with Crippen molar-refractivity contribution in [2.24, 2.45) is 0 Å². The molecule has 1 rings (SSSR count). The van der Waals surface area contributed by atoms with Gasteiger partial charge in [-0.3, -0.25) is 9.59 Å². The van der Waals surface area contributed by atoms with Crippen molar-refractivity contribution in [3.8, 4) is 0 Å². The van der Waals surface area contributed by atoms with Crippen LogP contribution in [-0.4, -0.2) is 35.0 Å². The Bertz CT molecular complexity index is 253. The third-order valence-electron chi connectivity index (χ3n) is 3.24. The molecule has 0 bridgehead atoms. The molecule has 0 unspecified atom stereocenters. The van der Waals surface area contributed by atoms with E-state index in [-0.39, 0.29) is 12.3 Å². The molecule has 0 aliphatic carbocycles. The molecule has 0 aromatic rings. The van der Waals surface area contributed by atoms with Crippen LogP contribution in [0.25, 0.3) is 0 Å². The summed E-state index contributed by atoms with van der Waals surface area (Å²) in [5.74, 6) is -0.449. The number of nitrogens with zero attached hydrogens (tertiary/aromatic N) is 1. The minimum atomic E-state index is -0.729. The van der Waals surface area contributed by atoms with Crippen LogP contribution in [-0.2, 0) is 9.59 Å². The van der Waals surface area contributed by atoms with Crippen molar-refractivity contribution in [2.45, 2.75) is 57.8 Å². The Labute approximate surface area is 103 Å². The number of amides is 1. The Morgan fingerprint density at radius 3 is 2.65 bits per heavy atom. The van der Waals surface area contributed by atoms with E-state index >= 15 is 0 Å². The van der Waals surface area contributed by atoms with Crippen LogP contribution in [0, 0.1) is 0 Å². The maximum Gasteiger partial charge on any atom is 0.303 e. The second-order valence-corrected chi connectivity index (χ2v) is 4.75. The predicted molar refractivity (Wildman–Crippen MR) is 65.8 cm³/mol. The van der Waals surface area contributed by atoms with E-state index in [4.69, 9.17) is 5.11 Å². The van der Waals surface area contributed by atoms with Crippen LogP contribution in [0.5, 0.6) is 0 Å². The van der Waals surface area contributed by atoms with Crippen molar-refractivity contribution in [3.63, 3.8) is 0 Å². The summed E-state index contributed by atoms with van der Waals surface area (Å²) in [6, 6.07) is 0. The molecule has 0 aromatic carbocycles. The Kier molecular flexibility index (Phi) is 6.67. The van der Waals surface area contributed by atoms with Crippen LogP contribution in [0.3, 0.4) is 0 Å². The van der Waals surface area contributed by atoms with Gasteiger partial charge in [-0.05, 0) is 25.7 Å². The average Bonchev–Trinajstić information content (AvgIpc) is 2.26. The number of likely N-dealkylation sites (tertiary alicyclic amines) is 1. The monoisotopic (exact) mass is 241 g/mol. The minimum absolute atomic E-state index is 0.244. The fourth-order valence-electron chi connectivity index (χ4n) is 2.21. The van der Waals surface area contributed by atoms with Crippen molar-refractivity contribution in [3.05, 3.63) is 0 Å². The van der Waals surface area contributed by atoms with E-state index in [1.54, 1.807) is 0 Å². The Hall–Kier alpha value is -1.06. The zero-order valence-electron chi connectivity index (χ0n) is 10.5. The van der Waals surface area contributed by atoms with Crippen LogP contribution < -0.4 is 0 Å². The number of unbranched alkanes of at least 4 members (excludes halogenated alkanes) is 2. The highest BCUT2D eigenvalue weighted by molar-refractivity contribution is 5.76. The minimum Gasteiger partial charge on any atom is -0.481 e. The van der Waals surface area contributed by atoms with Crippen molar-refractivity contribution in [2.75, 3.05) is 13.1 Å². The van der Waals surface area contributed by atoms with Gasteiger partial charge >= 0.3 is 5.97 Å². The van der Waals surface area contributed by atoms with Gasteiger partial charge in [0.25, 0.3) is 0 Å². The second kappa shape index (κ2) is 8.09. The number of rotatable bonds is 6. The molecule has 0 radical (unpaired) electrons. The molecule has 0 spiro atoms. The maximum absolute atomic E-state index is 11.8. The highest BCUT2D eigenvalue weighted by Gasteiger charge is 2.14. The van der Waals surface area contributed by atoms with Crippen molar-refractivity contribution >= 4 is 11.9 Å². The number of hydrogen-bond acceptors (Lipinski definition) is 2. The summed E-state index contributed by atoms with van der Waals surface area (Å²) in [6.07, 6.45) is 8.02. The largest absolute Gasteiger partial charge is 0.481 e. The molecule has 0 saturated carbocycles. The molecule has 17 heavy (non-hydrogen) atoms. The molecule has 98 valence electrons. The zero-order valence-corrected chi connectivity index (χ0v) is 10.5. The van der Waals surface area contributed by atoms with Gasteiger partial charge in [-0.25, -0.2) is 0 Å². The maximum atomic E-state index is 11.8. The lowest BCUT2D eigenvalue weighted by Gasteiger charge is -2.24. The van der Waals surface area contributed by atoms with Gasteiger partial charge in [0, 0.05) is 25.9 Å². The molecule has 4 heteroatoms. The Morgan fingerprint density at radius 2 is 1.88 bits per heavy atom. The number of carbonyl (C=O) groups excluding carboxylic acids is 1. The lowest BCUT2D eigenvalue weighted by atomic mass is 10.1. The van der Waals surface area contributed by atoms with Crippen molar-refractivity contribution < 1.29 is 14.7 Å². The van der Waals surface area contributed by atoms with Gasteiger partial charge < -0.3 is 10.0 Å². The first-order valence-electron chi connectivity index (χ1n) is 6.70. The molecular formula is C13H23NO3. The predicted octanol–water partition coefficient (Wildman–Crippen LogP) is 2.42. The smallest absolute Gasteiger partial charge is 0.303 e. The van der Waals surface area contributed by atoms with Crippen LogP contribution in [0.2, 0.25) is 0 Å². The van der Waals surface area contributed by atoms with Crippen LogP contribution in [0.15, 0.2) is 0 Å². The summed E-state index contributed by atoms with van der Waals surface area (Å²) in [5.41, 5.74) is 0. The van der Waals surface area contributed by atoms with Gasteiger partial charge in [0.2, 0.25) is 5.91 Å². The molecule has 1 saturated heterocycles. The molecule has 0 aromatic heterocycles. The lowest BCUT2D eigenvalue weighted by Crippen LogP contribution is -2.33. The normalized spacial score (nSPS) is 17.6. The number of carboxylic acids is 1. The molecular weight excluding hydrogens is 218 g/mol. The summed E-state index contributed by atoms with van der Waals surface area (Å²) < 4.78 is 0. The van der Waals surface area contributed by atoms with Gasteiger partial charge in [-0.1, -0.05) is 19.3 Å². The number of hydrogen-bond donors (Lipinski definition) is 1. The third-order valence-corrected chi connectivity index (χ3v) is 3.24. The van der Waals surface area contributed by atoms with Gasteiger partial charge in [0.15, 0.2) is 0 Å². The topological polar surface area (TPSA) is 57.6 Å². The van der Waals surface area contributed by atoms with E-state index in [0.29, 0.717) is 6.42 Å². The molecule has 1 aliphatic rings. The van der Waals surface area contributed by atoms with E-state index in [0.717, 1.165) is 45.2 Å². The first-order valence-corrected chi connectivity index (χ1v) is 6.70. The summed E-state index contributed by atoms with van der Waals surface area (Å²) >= 11 is 0. The van der Waals surface area contributed by atoms with Crippen molar-refractivity contribution in [1.82, 2.24) is 4.90 Å². The second-order valence-electron chi connectivity index (χ2n) is 4.75. The molecule has 1 aliphatic heterocycles. The van der Waals surface area contributed by atoms with E-state index in [1.807, 2.05) is 4.90 Å². The van der Waals surface area contributed by atoms with E-state index in [2.05, 4.69) is 0 Å². The van der Waals surface area contributed by atoms with Gasteiger partial charge in [-0.15, -0.1) is 0 Å². The van der Waals surface area contributed by atoms with E-state index < -0.39 is 5.97 Å². The fourth-order valence-corrected chi connectivity index (χ4v) is 2.21. The Balaban J connectivity index is 2.14.